The minimum absolute atomic E-state index is 0.213. The van der Waals surface area contributed by atoms with Crippen molar-refractivity contribution in [3.8, 4) is 6.07 Å². The number of amides is 2. The lowest BCUT2D eigenvalue weighted by Gasteiger charge is -2.17. The van der Waals surface area contributed by atoms with Crippen molar-refractivity contribution < 1.29 is 14.0 Å². The van der Waals surface area contributed by atoms with Gasteiger partial charge in [-0.15, -0.1) is 0 Å². The van der Waals surface area contributed by atoms with Crippen LogP contribution >= 0.6 is 0 Å². The summed E-state index contributed by atoms with van der Waals surface area (Å²) < 4.78 is 15.4. The molecule has 1 aromatic heterocycles. The molecule has 24 heavy (non-hydrogen) atoms. The van der Waals surface area contributed by atoms with Crippen molar-refractivity contribution in [2.75, 3.05) is 11.4 Å². The van der Waals surface area contributed by atoms with Gasteiger partial charge in [0.2, 0.25) is 5.91 Å². The summed E-state index contributed by atoms with van der Waals surface area (Å²) >= 11 is 0. The zero-order valence-corrected chi connectivity index (χ0v) is 13.0. The number of benzene rings is 1. The SMILES string of the molecule is Cn1cc(C#N)cc1C(=O)NC1CCN(c2ccccc2F)C1=O. The molecule has 1 aliphatic heterocycles. The van der Waals surface area contributed by atoms with Gasteiger partial charge in [-0.2, -0.15) is 5.26 Å². The van der Waals surface area contributed by atoms with Crippen LogP contribution in [0.2, 0.25) is 0 Å². The topological polar surface area (TPSA) is 78.1 Å². The summed E-state index contributed by atoms with van der Waals surface area (Å²) in [6.45, 7) is 0.335. The third-order valence-electron chi connectivity index (χ3n) is 4.02. The summed E-state index contributed by atoms with van der Waals surface area (Å²) in [4.78, 5) is 26.1. The number of carbonyl (C=O) groups is 2. The van der Waals surface area contributed by atoms with Crippen LogP contribution in [0.5, 0.6) is 0 Å². The molecule has 1 aliphatic rings. The zero-order valence-electron chi connectivity index (χ0n) is 13.0. The predicted octanol–water partition coefficient (Wildman–Crippen LogP) is 1.57. The second-order valence-corrected chi connectivity index (χ2v) is 5.59. The summed E-state index contributed by atoms with van der Waals surface area (Å²) in [5.41, 5.74) is 0.877. The van der Waals surface area contributed by atoms with Gasteiger partial charge < -0.3 is 14.8 Å². The van der Waals surface area contributed by atoms with E-state index >= 15 is 0 Å². The number of aryl methyl sites for hydroxylation is 1. The molecule has 1 N–H and O–H groups in total. The number of hydrogen-bond acceptors (Lipinski definition) is 3. The number of para-hydroxylation sites is 1. The molecule has 1 fully saturated rings. The van der Waals surface area contributed by atoms with Crippen LogP contribution in [-0.4, -0.2) is 29.0 Å². The summed E-state index contributed by atoms with van der Waals surface area (Å²) in [5, 5.41) is 11.5. The molecule has 3 rings (SSSR count). The second-order valence-electron chi connectivity index (χ2n) is 5.59. The first kappa shape index (κ1) is 15.7. The molecular formula is C17H15FN4O2. The summed E-state index contributed by atoms with van der Waals surface area (Å²) in [6.07, 6.45) is 1.94. The van der Waals surface area contributed by atoms with Gasteiger partial charge in [0.25, 0.3) is 5.91 Å². The van der Waals surface area contributed by atoms with E-state index in [-0.39, 0.29) is 11.6 Å². The lowest BCUT2D eigenvalue weighted by atomic mass is 10.2. The monoisotopic (exact) mass is 326 g/mol. The third-order valence-corrected chi connectivity index (χ3v) is 4.02. The van der Waals surface area contributed by atoms with Crippen molar-refractivity contribution in [3.05, 3.63) is 53.6 Å². The van der Waals surface area contributed by atoms with E-state index in [4.69, 9.17) is 5.26 Å². The number of halogens is 1. The molecule has 7 heteroatoms. The Hall–Kier alpha value is -3.14. The Morgan fingerprint density at radius 2 is 2.17 bits per heavy atom. The number of nitriles is 1. The van der Waals surface area contributed by atoms with Crippen LogP contribution in [0.3, 0.4) is 0 Å². The maximum Gasteiger partial charge on any atom is 0.268 e. The number of rotatable bonds is 3. The molecule has 122 valence electrons. The van der Waals surface area contributed by atoms with Crippen molar-refractivity contribution >= 4 is 17.5 Å². The first-order chi connectivity index (χ1) is 11.5. The molecule has 0 bridgehead atoms. The number of nitrogens with one attached hydrogen (secondary N) is 1. The number of aromatic nitrogens is 1. The molecule has 6 nitrogen and oxygen atoms in total. The van der Waals surface area contributed by atoms with Crippen molar-refractivity contribution in [1.82, 2.24) is 9.88 Å². The van der Waals surface area contributed by atoms with Gasteiger partial charge in [0, 0.05) is 19.8 Å². The molecular weight excluding hydrogens is 311 g/mol. The Bertz CT molecular complexity index is 853. The first-order valence-electron chi connectivity index (χ1n) is 7.44. The highest BCUT2D eigenvalue weighted by molar-refractivity contribution is 6.03. The lowest BCUT2D eigenvalue weighted by molar-refractivity contribution is -0.118. The van der Waals surface area contributed by atoms with Crippen LogP contribution in [0.4, 0.5) is 10.1 Å². The third kappa shape index (κ3) is 2.74. The van der Waals surface area contributed by atoms with E-state index in [9.17, 15) is 14.0 Å². The predicted molar refractivity (Wildman–Crippen MR) is 84.8 cm³/mol. The largest absolute Gasteiger partial charge is 0.345 e. The van der Waals surface area contributed by atoms with Crippen LogP contribution < -0.4 is 10.2 Å². The van der Waals surface area contributed by atoms with Gasteiger partial charge in [-0.3, -0.25) is 9.59 Å². The molecule has 2 amide bonds. The molecule has 2 heterocycles. The van der Waals surface area contributed by atoms with E-state index in [0.717, 1.165) is 0 Å². The van der Waals surface area contributed by atoms with Crippen LogP contribution in [0, 0.1) is 17.1 Å². The minimum Gasteiger partial charge on any atom is -0.345 e. The Kier molecular flexibility index (Phi) is 4.04. The van der Waals surface area contributed by atoms with Crippen molar-refractivity contribution in [2.45, 2.75) is 12.5 Å². The van der Waals surface area contributed by atoms with Gasteiger partial charge in [0.1, 0.15) is 23.6 Å². The molecule has 0 spiro atoms. The van der Waals surface area contributed by atoms with Crippen molar-refractivity contribution in [2.24, 2.45) is 7.05 Å². The van der Waals surface area contributed by atoms with Gasteiger partial charge >= 0.3 is 0 Å². The molecule has 0 saturated carbocycles. The van der Waals surface area contributed by atoms with Crippen LogP contribution in [0.15, 0.2) is 36.5 Å². The van der Waals surface area contributed by atoms with Crippen molar-refractivity contribution in [1.29, 1.82) is 5.26 Å². The summed E-state index contributed by atoms with van der Waals surface area (Å²) in [5.74, 6) is -1.25. The molecule has 1 aromatic carbocycles. The van der Waals surface area contributed by atoms with Crippen LogP contribution in [0.1, 0.15) is 22.5 Å². The fourth-order valence-corrected chi connectivity index (χ4v) is 2.81. The smallest absolute Gasteiger partial charge is 0.268 e. The van der Waals surface area contributed by atoms with E-state index < -0.39 is 17.8 Å². The van der Waals surface area contributed by atoms with Gasteiger partial charge in [0.05, 0.1) is 11.3 Å². The molecule has 1 unspecified atom stereocenters. The highest BCUT2D eigenvalue weighted by Gasteiger charge is 2.35. The van der Waals surface area contributed by atoms with E-state index in [1.807, 2.05) is 6.07 Å². The van der Waals surface area contributed by atoms with Crippen LogP contribution in [-0.2, 0) is 11.8 Å². The van der Waals surface area contributed by atoms with E-state index in [2.05, 4.69) is 5.32 Å². The molecule has 2 aromatic rings. The van der Waals surface area contributed by atoms with E-state index in [1.165, 1.54) is 33.9 Å². The quantitative estimate of drug-likeness (QED) is 0.930. The zero-order chi connectivity index (χ0) is 17.3. The standard InChI is InChI=1S/C17H15FN4O2/c1-21-10-11(9-19)8-15(21)16(23)20-13-6-7-22(17(13)24)14-5-3-2-4-12(14)18/h2-5,8,10,13H,6-7H2,1H3,(H,20,23). The maximum atomic E-state index is 13.8. The summed E-state index contributed by atoms with van der Waals surface area (Å²) in [7, 11) is 1.65. The van der Waals surface area contributed by atoms with Gasteiger partial charge in [-0.05, 0) is 24.6 Å². The Balaban J connectivity index is 1.74. The molecule has 0 aliphatic carbocycles. The first-order valence-corrected chi connectivity index (χ1v) is 7.44. The lowest BCUT2D eigenvalue weighted by Crippen LogP contribution is -2.42. The number of nitrogens with zero attached hydrogens (tertiary/aromatic N) is 3. The normalized spacial score (nSPS) is 17.0. The number of carbonyl (C=O) groups excluding carboxylic acids is 2. The Morgan fingerprint density at radius 3 is 2.83 bits per heavy atom. The van der Waals surface area contributed by atoms with E-state index in [1.54, 1.807) is 19.2 Å². The highest BCUT2D eigenvalue weighted by atomic mass is 19.1. The fraction of sp³-hybridized carbons (Fsp3) is 0.235. The Morgan fingerprint density at radius 1 is 1.42 bits per heavy atom. The van der Waals surface area contributed by atoms with Gasteiger partial charge in [-0.25, -0.2) is 4.39 Å². The second kappa shape index (κ2) is 6.16. The molecule has 1 atom stereocenters. The Labute approximate surface area is 138 Å². The maximum absolute atomic E-state index is 13.8. The highest BCUT2D eigenvalue weighted by Crippen LogP contribution is 2.24. The molecule has 0 radical (unpaired) electrons. The fourth-order valence-electron chi connectivity index (χ4n) is 2.81. The van der Waals surface area contributed by atoms with Crippen LogP contribution in [0.25, 0.3) is 0 Å². The summed E-state index contributed by atoms with van der Waals surface area (Å²) in [6, 6.07) is 8.76. The van der Waals surface area contributed by atoms with Gasteiger partial charge in [0.15, 0.2) is 0 Å². The minimum atomic E-state index is -0.711. The van der Waals surface area contributed by atoms with E-state index in [0.29, 0.717) is 24.2 Å². The average molecular weight is 326 g/mol. The number of anilines is 1. The number of hydrogen-bond donors (Lipinski definition) is 1. The van der Waals surface area contributed by atoms with Crippen molar-refractivity contribution in [3.63, 3.8) is 0 Å². The average Bonchev–Trinajstić information content (AvgIpc) is 3.12. The van der Waals surface area contributed by atoms with Gasteiger partial charge in [-0.1, -0.05) is 12.1 Å². The molecule has 1 saturated heterocycles.